The Labute approximate surface area is 106 Å². The maximum atomic E-state index is 5.23. The van der Waals surface area contributed by atoms with E-state index in [9.17, 15) is 0 Å². The number of nitrogens with zero attached hydrogens (tertiary/aromatic N) is 3. The van der Waals surface area contributed by atoms with E-state index in [2.05, 4.69) is 29.9 Å². The van der Waals surface area contributed by atoms with Crippen molar-refractivity contribution in [2.75, 3.05) is 19.8 Å². The minimum atomic E-state index is 0.634. The monoisotopic (exact) mass is 255 g/mol. The molecule has 0 bridgehead atoms. The first-order valence-electron chi connectivity index (χ1n) is 6.43. The number of ether oxygens (including phenoxy) is 1. The van der Waals surface area contributed by atoms with Crippen LogP contribution in [0.25, 0.3) is 0 Å². The van der Waals surface area contributed by atoms with Gasteiger partial charge in [0.1, 0.15) is 5.82 Å². The molecule has 1 aromatic rings. The Bertz CT molecular complexity index is 363. The predicted octanol–water partition coefficient (Wildman–Crippen LogP) is 1.50. The molecule has 0 N–H and O–H groups in total. The van der Waals surface area contributed by atoms with Crippen LogP contribution in [0.4, 0.5) is 0 Å². The Morgan fingerprint density at radius 1 is 1.41 bits per heavy atom. The van der Waals surface area contributed by atoms with Crippen LogP contribution in [-0.4, -0.2) is 40.3 Å². The Morgan fingerprint density at radius 3 is 2.76 bits per heavy atom. The van der Waals surface area contributed by atoms with Gasteiger partial charge in [-0.15, -0.1) is 9.24 Å². The van der Waals surface area contributed by atoms with Gasteiger partial charge in [-0.1, -0.05) is 13.8 Å². The lowest BCUT2D eigenvalue weighted by Crippen LogP contribution is -2.51. The molecule has 17 heavy (non-hydrogen) atoms. The van der Waals surface area contributed by atoms with E-state index < -0.39 is 0 Å². The average molecular weight is 255 g/mol. The second-order valence-electron chi connectivity index (χ2n) is 4.21. The molecule has 0 saturated carbocycles. The molecule has 96 valence electrons. The van der Waals surface area contributed by atoms with Crippen LogP contribution in [0.15, 0.2) is 6.20 Å². The normalized spacial score (nSPS) is 20.2. The van der Waals surface area contributed by atoms with Gasteiger partial charge in [-0.25, -0.2) is 4.98 Å². The van der Waals surface area contributed by atoms with Crippen LogP contribution in [0, 0.1) is 0 Å². The second kappa shape index (κ2) is 5.94. The zero-order valence-electron chi connectivity index (χ0n) is 10.7. The first kappa shape index (κ1) is 13.0. The Kier molecular flexibility index (Phi) is 4.55. The molecule has 1 unspecified atom stereocenters. The first-order valence-corrected chi connectivity index (χ1v) is 7.25. The molecular weight excluding hydrogens is 233 g/mol. The zero-order chi connectivity index (χ0) is 12.3. The van der Waals surface area contributed by atoms with E-state index in [0.717, 1.165) is 39.0 Å². The molecule has 1 saturated heterocycles. The van der Waals surface area contributed by atoms with Crippen molar-refractivity contribution in [1.29, 1.82) is 0 Å². The largest absolute Gasteiger partial charge is 0.378 e. The predicted molar refractivity (Wildman–Crippen MR) is 72.0 cm³/mol. The van der Waals surface area contributed by atoms with Crippen LogP contribution in [0.2, 0.25) is 0 Å². The van der Waals surface area contributed by atoms with E-state index in [1.807, 2.05) is 13.8 Å². The van der Waals surface area contributed by atoms with Crippen LogP contribution >= 0.6 is 9.24 Å². The quantitative estimate of drug-likeness (QED) is 0.750. The SMILES string of the molecule is CC.PCc1cn2c(n1)CN(C1COC1)CC2. The van der Waals surface area contributed by atoms with Gasteiger partial charge in [0.15, 0.2) is 0 Å². The lowest BCUT2D eigenvalue weighted by atomic mass is 10.2. The third kappa shape index (κ3) is 2.70. The number of hydrogen-bond donors (Lipinski definition) is 0. The van der Waals surface area contributed by atoms with Crippen molar-refractivity contribution in [3.05, 3.63) is 17.7 Å². The fourth-order valence-corrected chi connectivity index (χ4v) is 2.37. The van der Waals surface area contributed by atoms with E-state index >= 15 is 0 Å². The minimum absolute atomic E-state index is 0.634. The van der Waals surface area contributed by atoms with Gasteiger partial charge in [-0.3, -0.25) is 4.90 Å². The summed E-state index contributed by atoms with van der Waals surface area (Å²) in [6.07, 6.45) is 3.13. The van der Waals surface area contributed by atoms with Crippen molar-refractivity contribution in [2.45, 2.75) is 39.1 Å². The number of rotatable bonds is 2. The summed E-state index contributed by atoms with van der Waals surface area (Å²) in [6, 6.07) is 0.634. The summed E-state index contributed by atoms with van der Waals surface area (Å²) < 4.78 is 7.52. The first-order chi connectivity index (χ1) is 8.36. The number of fused-ring (bicyclic) bond motifs is 1. The van der Waals surface area contributed by atoms with Crippen molar-refractivity contribution in [3.63, 3.8) is 0 Å². The van der Waals surface area contributed by atoms with E-state index in [1.165, 1.54) is 11.5 Å². The minimum Gasteiger partial charge on any atom is -0.378 e. The zero-order valence-corrected chi connectivity index (χ0v) is 11.9. The highest BCUT2D eigenvalue weighted by Gasteiger charge is 2.29. The molecule has 0 aliphatic carbocycles. The summed E-state index contributed by atoms with van der Waals surface area (Å²) >= 11 is 0. The fourth-order valence-electron chi connectivity index (χ4n) is 2.17. The van der Waals surface area contributed by atoms with E-state index in [0.29, 0.717) is 6.04 Å². The molecule has 2 aliphatic heterocycles. The van der Waals surface area contributed by atoms with Crippen LogP contribution in [0.5, 0.6) is 0 Å². The summed E-state index contributed by atoms with van der Waals surface area (Å²) in [7, 11) is 2.73. The van der Waals surface area contributed by atoms with Crippen molar-refractivity contribution >= 4 is 9.24 Å². The molecule has 0 spiro atoms. The lowest BCUT2D eigenvalue weighted by molar-refractivity contribution is -0.0734. The number of aromatic nitrogens is 2. The molecule has 0 radical (unpaired) electrons. The summed E-state index contributed by atoms with van der Waals surface area (Å²) in [5.74, 6) is 1.21. The van der Waals surface area contributed by atoms with Crippen LogP contribution in [-0.2, 0) is 24.0 Å². The molecule has 1 atom stereocenters. The Hall–Kier alpha value is -0.440. The maximum absolute atomic E-state index is 5.23. The molecule has 5 heteroatoms. The summed E-state index contributed by atoms with van der Waals surface area (Å²) in [6.45, 7) is 8.99. The highest BCUT2D eigenvalue weighted by atomic mass is 31.0. The Morgan fingerprint density at radius 2 is 2.18 bits per heavy atom. The molecule has 0 amide bonds. The van der Waals surface area contributed by atoms with Crippen LogP contribution in [0.3, 0.4) is 0 Å². The van der Waals surface area contributed by atoms with E-state index in [-0.39, 0.29) is 0 Å². The van der Waals surface area contributed by atoms with Crippen molar-refractivity contribution in [1.82, 2.24) is 14.5 Å². The van der Waals surface area contributed by atoms with Gasteiger partial charge in [-0.05, 0) is 0 Å². The van der Waals surface area contributed by atoms with Gasteiger partial charge >= 0.3 is 0 Å². The van der Waals surface area contributed by atoms with Gasteiger partial charge < -0.3 is 9.30 Å². The lowest BCUT2D eigenvalue weighted by Gasteiger charge is -2.39. The summed E-state index contributed by atoms with van der Waals surface area (Å²) in [5.41, 5.74) is 1.18. The highest BCUT2D eigenvalue weighted by molar-refractivity contribution is 7.15. The molecule has 2 aliphatic rings. The maximum Gasteiger partial charge on any atom is 0.123 e. The number of imidazole rings is 1. The van der Waals surface area contributed by atoms with E-state index in [1.54, 1.807) is 0 Å². The highest BCUT2D eigenvalue weighted by Crippen LogP contribution is 2.19. The smallest absolute Gasteiger partial charge is 0.123 e. The molecule has 1 fully saturated rings. The van der Waals surface area contributed by atoms with Crippen LogP contribution < -0.4 is 0 Å². The van der Waals surface area contributed by atoms with Crippen LogP contribution in [0.1, 0.15) is 25.4 Å². The number of hydrogen-bond acceptors (Lipinski definition) is 3. The Balaban J connectivity index is 0.000000514. The van der Waals surface area contributed by atoms with Gasteiger partial charge in [0.25, 0.3) is 0 Å². The summed E-state index contributed by atoms with van der Waals surface area (Å²) in [5, 5.41) is 0. The molecule has 3 heterocycles. The van der Waals surface area contributed by atoms with Gasteiger partial charge in [0.2, 0.25) is 0 Å². The van der Waals surface area contributed by atoms with Gasteiger partial charge in [-0.2, -0.15) is 0 Å². The molecule has 4 nitrogen and oxygen atoms in total. The average Bonchev–Trinajstić information content (AvgIpc) is 2.71. The topological polar surface area (TPSA) is 30.3 Å². The third-order valence-corrected chi connectivity index (χ3v) is 3.65. The van der Waals surface area contributed by atoms with Gasteiger partial charge in [0.05, 0.1) is 31.5 Å². The van der Waals surface area contributed by atoms with Crippen molar-refractivity contribution < 1.29 is 4.74 Å². The van der Waals surface area contributed by atoms with Gasteiger partial charge in [0, 0.05) is 25.4 Å². The molecule has 3 rings (SSSR count). The standard InChI is InChI=1S/C10H16N3OP.C2H6/c15-7-8-3-13-2-1-12(4-10(13)11-8)9-5-14-6-9;1-2/h3,9H,1-2,4-7,15H2;1-2H3. The fraction of sp³-hybridized carbons (Fsp3) is 0.750. The van der Waals surface area contributed by atoms with E-state index in [4.69, 9.17) is 4.74 Å². The molecule has 0 aromatic carbocycles. The molecular formula is C12H22N3OP. The third-order valence-electron chi connectivity index (χ3n) is 3.23. The van der Waals surface area contributed by atoms with Crippen molar-refractivity contribution in [3.8, 4) is 0 Å². The summed E-state index contributed by atoms with van der Waals surface area (Å²) in [4.78, 5) is 7.10. The second-order valence-corrected chi connectivity index (χ2v) is 4.62. The molecule has 1 aromatic heterocycles. The van der Waals surface area contributed by atoms with Crippen molar-refractivity contribution in [2.24, 2.45) is 0 Å².